The highest BCUT2D eigenvalue weighted by Gasteiger charge is 2.34. The van der Waals surface area contributed by atoms with Crippen molar-refractivity contribution in [2.75, 3.05) is 26.4 Å². The van der Waals surface area contributed by atoms with Crippen molar-refractivity contribution in [1.82, 2.24) is 4.90 Å². The van der Waals surface area contributed by atoms with E-state index in [1.54, 1.807) is 4.90 Å². The van der Waals surface area contributed by atoms with Gasteiger partial charge in [0.15, 0.2) is 0 Å². The normalized spacial score (nSPS) is 33.1. The first-order valence-electron chi connectivity index (χ1n) is 5.53. The third-order valence-corrected chi connectivity index (χ3v) is 2.96. The fourth-order valence-corrected chi connectivity index (χ4v) is 2.16. The van der Waals surface area contributed by atoms with Crippen LogP contribution in [0.3, 0.4) is 0 Å². The molecule has 2 aliphatic heterocycles. The van der Waals surface area contributed by atoms with Gasteiger partial charge in [-0.1, -0.05) is 0 Å². The van der Waals surface area contributed by atoms with E-state index in [0.29, 0.717) is 13.2 Å². The van der Waals surface area contributed by atoms with Crippen LogP contribution in [0.15, 0.2) is 0 Å². The lowest BCUT2D eigenvalue weighted by atomic mass is 10.1. The molecular formula is C10H18N2O3. The van der Waals surface area contributed by atoms with Crippen LogP contribution < -0.4 is 5.73 Å². The van der Waals surface area contributed by atoms with Gasteiger partial charge in [-0.05, 0) is 19.3 Å². The largest absolute Gasteiger partial charge is 0.369 e. The van der Waals surface area contributed by atoms with E-state index in [0.717, 1.165) is 25.9 Å². The van der Waals surface area contributed by atoms with Crippen molar-refractivity contribution >= 4 is 5.91 Å². The van der Waals surface area contributed by atoms with Crippen molar-refractivity contribution in [2.24, 2.45) is 5.73 Å². The van der Waals surface area contributed by atoms with Crippen LogP contribution in [0.4, 0.5) is 0 Å². The second-order valence-electron chi connectivity index (χ2n) is 4.03. The zero-order valence-electron chi connectivity index (χ0n) is 8.85. The number of nitrogens with two attached hydrogens (primary N) is 1. The molecule has 0 aliphatic carbocycles. The first kappa shape index (κ1) is 10.9. The molecule has 2 rings (SSSR count). The van der Waals surface area contributed by atoms with Crippen LogP contribution in [0.1, 0.15) is 19.3 Å². The van der Waals surface area contributed by atoms with Crippen LogP contribution in [0.2, 0.25) is 0 Å². The molecule has 15 heavy (non-hydrogen) atoms. The first-order chi connectivity index (χ1) is 7.33. The molecule has 2 fully saturated rings. The van der Waals surface area contributed by atoms with Crippen LogP contribution in [-0.4, -0.2) is 49.4 Å². The number of ether oxygens (including phenoxy) is 2. The Labute approximate surface area is 89.5 Å². The minimum absolute atomic E-state index is 0.00333. The smallest absolute Gasteiger partial charge is 0.250 e. The molecule has 2 aliphatic rings. The van der Waals surface area contributed by atoms with Gasteiger partial charge in [-0.3, -0.25) is 4.79 Å². The summed E-state index contributed by atoms with van der Waals surface area (Å²) in [4.78, 5) is 13.5. The fraction of sp³-hybridized carbons (Fsp3) is 0.900. The second-order valence-corrected chi connectivity index (χ2v) is 4.03. The fourth-order valence-electron chi connectivity index (χ4n) is 2.16. The Morgan fingerprint density at radius 3 is 3.00 bits per heavy atom. The van der Waals surface area contributed by atoms with Crippen LogP contribution in [0, 0.1) is 0 Å². The Morgan fingerprint density at radius 1 is 1.47 bits per heavy atom. The molecule has 0 spiro atoms. The van der Waals surface area contributed by atoms with Gasteiger partial charge in [-0.15, -0.1) is 0 Å². The quantitative estimate of drug-likeness (QED) is 0.685. The van der Waals surface area contributed by atoms with Gasteiger partial charge in [-0.2, -0.15) is 0 Å². The number of rotatable bonds is 2. The third kappa shape index (κ3) is 2.30. The Hall–Kier alpha value is -0.650. The lowest BCUT2D eigenvalue weighted by molar-refractivity contribution is -0.174. The predicted molar refractivity (Wildman–Crippen MR) is 54.1 cm³/mol. The van der Waals surface area contributed by atoms with E-state index in [9.17, 15) is 4.79 Å². The predicted octanol–water partition coefficient (Wildman–Crippen LogP) is -0.301. The summed E-state index contributed by atoms with van der Waals surface area (Å²) in [7, 11) is 0. The van der Waals surface area contributed by atoms with Crippen molar-refractivity contribution < 1.29 is 14.3 Å². The summed E-state index contributed by atoms with van der Waals surface area (Å²) >= 11 is 0. The maximum Gasteiger partial charge on any atom is 0.250 e. The van der Waals surface area contributed by atoms with Gasteiger partial charge in [-0.25, -0.2) is 0 Å². The van der Waals surface area contributed by atoms with Gasteiger partial charge >= 0.3 is 0 Å². The number of hydrogen-bond donors (Lipinski definition) is 1. The molecule has 5 heteroatoms. The van der Waals surface area contributed by atoms with Crippen LogP contribution in [-0.2, 0) is 14.3 Å². The molecule has 2 unspecified atom stereocenters. The van der Waals surface area contributed by atoms with E-state index in [-0.39, 0.29) is 24.8 Å². The number of carbonyl (C=O) groups is 1. The number of morpholine rings is 1. The van der Waals surface area contributed by atoms with Crippen molar-refractivity contribution in [2.45, 2.75) is 31.5 Å². The molecule has 2 N–H and O–H groups in total. The van der Waals surface area contributed by atoms with Crippen molar-refractivity contribution in [1.29, 1.82) is 0 Å². The van der Waals surface area contributed by atoms with Crippen LogP contribution >= 0.6 is 0 Å². The number of carbonyl (C=O) groups excluding carboxylic acids is 1. The molecule has 0 radical (unpaired) electrons. The molecule has 5 nitrogen and oxygen atoms in total. The highest BCUT2D eigenvalue weighted by atomic mass is 16.5. The van der Waals surface area contributed by atoms with Crippen molar-refractivity contribution in [3.63, 3.8) is 0 Å². The van der Waals surface area contributed by atoms with E-state index >= 15 is 0 Å². The molecule has 2 saturated heterocycles. The van der Waals surface area contributed by atoms with Gasteiger partial charge in [0.25, 0.3) is 5.91 Å². The lowest BCUT2D eigenvalue weighted by Gasteiger charge is -2.41. The van der Waals surface area contributed by atoms with Gasteiger partial charge in [0, 0.05) is 13.2 Å². The maximum absolute atomic E-state index is 11.7. The topological polar surface area (TPSA) is 64.8 Å². The minimum Gasteiger partial charge on any atom is -0.369 e. The zero-order valence-corrected chi connectivity index (χ0v) is 8.85. The summed E-state index contributed by atoms with van der Waals surface area (Å²) < 4.78 is 10.8. The zero-order chi connectivity index (χ0) is 10.7. The molecule has 86 valence electrons. The summed E-state index contributed by atoms with van der Waals surface area (Å²) in [6.07, 6.45) is 3.04. The molecule has 2 atom stereocenters. The van der Waals surface area contributed by atoms with E-state index in [2.05, 4.69) is 0 Å². The summed E-state index contributed by atoms with van der Waals surface area (Å²) in [6.45, 7) is 1.87. The Bertz CT molecular complexity index is 229. The molecule has 0 aromatic carbocycles. The number of nitrogens with zero attached hydrogens (tertiary/aromatic N) is 1. The van der Waals surface area contributed by atoms with Gasteiger partial charge in [0.2, 0.25) is 0 Å². The van der Waals surface area contributed by atoms with Gasteiger partial charge in [0.1, 0.15) is 12.8 Å². The Balaban J connectivity index is 2.03. The number of hydrogen-bond acceptors (Lipinski definition) is 4. The molecule has 1 amide bonds. The minimum atomic E-state index is -0.0799. The third-order valence-electron chi connectivity index (χ3n) is 2.96. The van der Waals surface area contributed by atoms with E-state index < -0.39 is 0 Å². The average molecular weight is 214 g/mol. The highest BCUT2D eigenvalue weighted by molar-refractivity contribution is 5.78. The molecule has 0 bridgehead atoms. The standard InChI is InChI=1S/C10H18N2O3/c11-5-8-6-14-7-9(13)12(8)10-3-1-2-4-15-10/h8,10H,1-7,11H2. The average Bonchev–Trinajstić information content (AvgIpc) is 2.29. The monoisotopic (exact) mass is 214 g/mol. The van der Waals surface area contributed by atoms with Crippen molar-refractivity contribution in [3.05, 3.63) is 0 Å². The Morgan fingerprint density at radius 2 is 2.33 bits per heavy atom. The van der Waals surface area contributed by atoms with Gasteiger partial charge < -0.3 is 20.1 Å². The van der Waals surface area contributed by atoms with E-state index in [4.69, 9.17) is 15.2 Å². The van der Waals surface area contributed by atoms with E-state index in [1.165, 1.54) is 0 Å². The second kappa shape index (κ2) is 4.92. The van der Waals surface area contributed by atoms with E-state index in [1.807, 2.05) is 0 Å². The molecule has 0 aromatic heterocycles. The molecule has 0 saturated carbocycles. The molecule has 0 aromatic rings. The van der Waals surface area contributed by atoms with Crippen LogP contribution in [0.5, 0.6) is 0 Å². The van der Waals surface area contributed by atoms with Crippen LogP contribution in [0.25, 0.3) is 0 Å². The maximum atomic E-state index is 11.7. The summed E-state index contributed by atoms with van der Waals surface area (Å²) in [5, 5.41) is 0. The SMILES string of the molecule is NCC1COCC(=O)N1C1CCCCO1. The molecular weight excluding hydrogens is 196 g/mol. The molecule has 2 heterocycles. The lowest BCUT2D eigenvalue weighted by Crippen LogP contribution is -2.58. The van der Waals surface area contributed by atoms with Crippen molar-refractivity contribution in [3.8, 4) is 0 Å². The Kier molecular flexibility index (Phi) is 3.56. The summed E-state index contributed by atoms with van der Waals surface area (Å²) in [5.74, 6) is 0.00333. The summed E-state index contributed by atoms with van der Waals surface area (Å²) in [5.41, 5.74) is 5.63. The first-order valence-corrected chi connectivity index (χ1v) is 5.53. The highest BCUT2D eigenvalue weighted by Crippen LogP contribution is 2.21. The summed E-state index contributed by atoms with van der Waals surface area (Å²) in [6, 6.07) is -0.0191. The number of amides is 1. The van der Waals surface area contributed by atoms with Gasteiger partial charge in [0.05, 0.1) is 12.6 Å².